The topological polar surface area (TPSA) is 68.0 Å². The molecule has 0 bridgehead atoms. The van der Waals surface area contributed by atoms with Gasteiger partial charge in [0, 0.05) is 11.9 Å². The quantitative estimate of drug-likeness (QED) is 0.837. The second kappa shape index (κ2) is 5.74. The van der Waals surface area contributed by atoms with Gasteiger partial charge >= 0.3 is 0 Å². The third-order valence-corrected chi connectivity index (χ3v) is 3.97. The highest BCUT2D eigenvalue weighted by Gasteiger charge is 2.22. The molecule has 108 valence electrons. The summed E-state index contributed by atoms with van der Waals surface area (Å²) in [6.45, 7) is 0. The van der Waals surface area contributed by atoms with E-state index in [2.05, 4.69) is 10.3 Å². The van der Waals surface area contributed by atoms with Gasteiger partial charge in [0.15, 0.2) is 0 Å². The molecule has 3 rings (SSSR count). The number of nitrogen functional groups attached to an aromatic ring is 1. The summed E-state index contributed by atoms with van der Waals surface area (Å²) >= 11 is 5.78. The van der Waals surface area contributed by atoms with Gasteiger partial charge in [0.25, 0.3) is 5.91 Å². The fraction of sp³-hybridized carbons (Fsp3) is 0.250. The van der Waals surface area contributed by atoms with Gasteiger partial charge in [0.05, 0.1) is 11.1 Å². The van der Waals surface area contributed by atoms with Gasteiger partial charge in [0.2, 0.25) is 0 Å². The van der Waals surface area contributed by atoms with Crippen LogP contribution < -0.4 is 11.1 Å². The van der Waals surface area contributed by atoms with Crippen molar-refractivity contribution in [2.75, 3.05) is 5.73 Å². The maximum atomic E-state index is 12.3. The lowest BCUT2D eigenvalue weighted by Crippen LogP contribution is -2.31. The lowest BCUT2D eigenvalue weighted by Gasteiger charge is -2.26. The number of halogens is 1. The molecule has 1 amide bonds. The molecule has 1 heterocycles. The SMILES string of the molecule is Nc1ccc2c(c1)CCCC2NC(=O)c1ccc(Cl)cn1. The van der Waals surface area contributed by atoms with E-state index in [9.17, 15) is 4.79 Å². The van der Waals surface area contributed by atoms with Crippen LogP contribution >= 0.6 is 11.6 Å². The van der Waals surface area contributed by atoms with Crippen LogP contribution in [0.4, 0.5) is 5.69 Å². The van der Waals surface area contributed by atoms with Gasteiger partial charge in [-0.05, 0) is 54.7 Å². The van der Waals surface area contributed by atoms with Crippen LogP contribution in [-0.4, -0.2) is 10.9 Å². The number of aryl methyl sites for hydroxylation is 1. The fourth-order valence-corrected chi connectivity index (χ4v) is 2.84. The number of aromatic nitrogens is 1. The first-order chi connectivity index (χ1) is 10.1. The molecule has 1 aliphatic rings. The van der Waals surface area contributed by atoms with Crippen LogP contribution in [0, 0.1) is 0 Å². The number of benzene rings is 1. The molecular weight excluding hydrogens is 286 g/mol. The summed E-state index contributed by atoms with van der Waals surface area (Å²) in [5.74, 6) is -0.179. The second-order valence-electron chi connectivity index (χ2n) is 5.24. The van der Waals surface area contributed by atoms with Gasteiger partial charge in [-0.2, -0.15) is 0 Å². The summed E-state index contributed by atoms with van der Waals surface area (Å²) in [5.41, 5.74) is 9.33. The van der Waals surface area contributed by atoms with Crippen molar-refractivity contribution in [1.29, 1.82) is 0 Å². The first-order valence-electron chi connectivity index (χ1n) is 6.94. The van der Waals surface area contributed by atoms with E-state index in [4.69, 9.17) is 17.3 Å². The average Bonchev–Trinajstić information content (AvgIpc) is 2.47. The minimum Gasteiger partial charge on any atom is -0.399 e. The Hall–Kier alpha value is -2.07. The highest BCUT2D eigenvalue weighted by Crippen LogP contribution is 2.31. The monoisotopic (exact) mass is 301 g/mol. The van der Waals surface area contributed by atoms with Crippen molar-refractivity contribution in [3.63, 3.8) is 0 Å². The van der Waals surface area contributed by atoms with Crippen molar-refractivity contribution in [1.82, 2.24) is 10.3 Å². The Morgan fingerprint density at radius 3 is 2.95 bits per heavy atom. The number of hydrogen-bond acceptors (Lipinski definition) is 3. The Morgan fingerprint density at radius 1 is 1.33 bits per heavy atom. The lowest BCUT2D eigenvalue weighted by molar-refractivity contribution is 0.0927. The first-order valence-corrected chi connectivity index (χ1v) is 7.32. The summed E-state index contributed by atoms with van der Waals surface area (Å²) in [6, 6.07) is 9.19. The Bertz CT molecular complexity index is 670. The molecule has 5 heteroatoms. The zero-order chi connectivity index (χ0) is 14.8. The summed E-state index contributed by atoms with van der Waals surface area (Å²) in [7, 11) is 0. The van der Waals surface area contributed by atoms with Gasteiger partial charge in [-0.15, -0.1) is 0 Å². The molecule has 4 nitrogen and oxygen atoms in total. The standard InChI is InChI=1S/C16H16ClN3O/c17-11-4-7-15(19-9-11)16(21)20-14-3-1-2-10-8-12(18)5-6-13(10)14/h4-9,14H,1-3,18H2,(H,20,21). The van der Waals surface area contributed by atoms with Crippen LogP contribution in [0.1, 0.15) is 40.5 Å². The normalized spacial score (nSPS) is 17.1. The molecule has 0 fully saturated rings. The molecule has 1 aromatic carbocycles. The van der Waals surface area contributed by atoms with Crippen molar-refractivity contribution < 1.29 is 4.79 Å². The molecule has 1 aliphatic carbocycles. The van der Waals surface area contributed by atoms with Crippen LogP contribution in [-0.2, 0) is 6.42 Å². The van der Waals surface area contributed by atoms with Crippen molar-refractivity contribution in [2.45, 2.75) is 25.3 Å². The first kappa shape index (κ1) is 13.9. The van der Waals surface area contributed by atoms with Gasteiger partial charge < -0.3 is 11.1 Å². The zero-order valence-electron chi connectivity index (χ0n) is 11.5. The van der Waals surface area contributed by atoms with E-state index in [1.807, 2.05) is 18.2 Å². The zero-order valence-corrected chi connectivity index (χ0v) is 12.2. The molecule has 3 N–H and O–H groups in total. The maximum absolute atomic E-state index is 12.3. The van der Waals surface area contributed by atoms with E-state index in [0.717, 1.165) is 30.5 Å². The lowest BCUT2D eigenvalue weighted by atomic mass is 9.87. The predicted octanol–water partition coefficient (Wildman–Crippen LogP) is 3.12. The minimum atomic E-state index is -0.179. The second-order valence-corrected chi connectivity index (χ2v) is 5.67. The van der Waals surface area contributed by atoms with Crippen molar-refractivity contribution >= 4 is 23.2 Å². The van der Waals surface area contributed by atoms with E-state index in [-0.39, 0.29) is 11.9 Å². The largest absolute Gasteiger partial charge is 0.399 e. The summed E-state index contributed by atoms with van der Waals surface area (Å²) < 4.78 is 0. The highest BCUT2D eigenvalue weighted by molar-refractivity contribution is 6.30. The number of rotatable bonds is 2. The van der Waals surface area contributed by atoms with E-state index in [0.29, 0.717) is 10.7 Å². The van der Waals surface area contributed by atoms with Gasteiger partial charge in [0.1, 0.15) is 5.69 Å². The van der Waals surface area contributed by atoms with E-state index < -0.39 is 0 Å². The third kappa shape index (κ3) is 3.00. The average molecular weight is 302 g/mol. The number of nitrogens with two attached hydrogens (primary N) is 1. The van der Waals surface area contributed by atoms with Crippen molar-refractivity contribution in [2.24, 2.45) is 0 Å². The fourth-order valence-electron chi connectivity index (χ4n) is 2.73. The molecule has 1 atom stereocenters. The third-order valence-electron chi connectivity index (χ3n) is 3.75. The van der Waals surface area contributed by atoms with Crippen LogP contribution in [0.5, 0.6) is 0 Å². The van der Waals surface area contributed by atoms with Gasteiger partial charge in [-0.25, -0.2) is 4.98 Å². The van der Waals surface area contributed by atoms with Crippen molar-refractivity contribution in [3.05, 3.63) is 58.4 Å². The highest BCUT2D eigenvalue weighted by atomic mass is 35.5. The molecule has 0 saturated heterocycles. The Labute approximate surface area is 128 Å². The van der Waals surface area contributed by atoms with E-state index in [1.54, 1.807) is 12.1 Å². The molecule has 0 spiro atoms. The molecule has 21 heavy (non-hydrogen) atoms. The number of nitrogens with one attached hydrogen (secondary N) is 1. The van der Waals surface area contributed by atoms with Crippen molar-refractivity contribution in [3.8, 4) is 0 Å². The van der Waals surface area contributed by atoms with E-state index >= 15 is 0 Å². The number of fused-ring (bicyclic) bond motifs is 1. The van der Waals surface area contributed by atoms with Gasteiger partial charge in [-0.3, -0.25) is 4.79 Å². The number of amides is 1. The maximum Gasteiger partial charge on any atom is 0.270 e. The predicted molar refractivity (Wildman–Crippen MR) is 83.2 cm³/mol. The smallest absolute Gasteiger partial charge is 0.270 e. The Balaban J connectivity index is 1.80. The summed E-state index contributed by atoms with van der Waals surface area (Å²) in [4.78, 5) is 16.3. The van der Waals surface area contributed by atoms with Gasteiger partial charge in [-0.1, -0.05) is 17.7 Å². The Morgan fingerprint density at radius 2 is 2.19 bits per heavy atom. The van der Waals surface area contributed by atoms with Crippen LogP contribution in [0.3, 0.4) is 0 Å². The number of hydrogen-bond donors (Lipinski definition) is 2. The molecular formula is C16H16ClN3O. The minimum absolute atomic E-state index is 0.0133. The molecule has 1 aromatic heterocycles. The molecule has 0 aliphatic heterocycles. The molecule has 2 aromatic rings. The van der Waals surface area contributed by atoms with Crippen LogP contribution in [0.2, 0.25) is 5.02 Å². The number of carbonyl (C=O) groups excluding carboxylic acids is 1. The number of carbonyl (C=O) groups is 1. The molecule has 0 radical (unpaired) electrons. The number of anilines is 1. The molecule has 1 unspecified atom stereocenters. The number of nitrogens with zero attached hydrogens (tertiary/aromatic N) is 1. The Kier molecular flexibility index (Phi) is 3.80. The molecule has 0 saturated carbocycles. The number of pyridine rings is 1. The van der Waals surface area contributed by atoms with E-state index in [1.165, 1.54) is 11.8 Å². The summed E-state index contributed by atoms with van der Waals surface area (Å²) in [5, 5.41) is 3.56. The van der Waals surface area contributed by atoms with Crippen LogP contribution in [0.25, 0.3) is 0 Å². The summed E-state index contributed by atoms with van der Waals surface area (Å²) in [6.07, 6.45) is 4.45. The van der Waals surface area contributed by atoms with Crippen LogP contribution in [0.15, 0.2) is 36.5 Å².